The summed E-state index contributed by atoms with van der Waals surface area (Å²) in [6.45, 7) is 2.87. The van der Waals surface area contributed by atoms with Crippen LogP contribution < -0.4 is 0 Å². The lowest BCUT2D eigenvalue weighted by Crippen LogP contribution is -2.50. The van der Waals surface area contributed by atoms with Crippen LogP contribution >= 0.6 is 11.6 Å². The number of rotatable bonds is 5. The number of sulfonamides is 1. The first-order chi connectivity index (χ1) is 12.4. The summed E-state index contributed by atoms with van der Waals surface area (Å²) >= 11 is 6.01. The van der Waals surface area contributed by atoms with E-state index in [4.69, 9.17) is 11.6 Å². The van der Waals surface area contributed by atoms with Gasteiger partial charge in [-0.15, -0.1) is 10.2 Å². The molecule has 0 amide bonds. The number of nitrogens with zero attached hydrogens (tertiary/aromatic N) is 4. The number of hydrogen-bond acceptors (Lipinski definition) is 4. The van der Waals surface area contributed by atoms with Crippen LogP contribution in [-0.2, 0) is 16.4 Å². The lowest BCUT2D eigenvalue weighted by molar-refractivity contribution is 0.195. The van der Waals surface area contributed by atoms with Crippen LogP contribution in [0.25, 0.3) is 0 Å². The van der Waals surface area contributed by atoms with E-state index in [-0.39, 0.29) is 0 Å². The summed E-state index contributed by atoms with van der Waals surface area (Å²) in [4.78, 5) is 0.312. The van der Waals surface area contributed by atoms with E-state index in [2.05, 4.69) is 14.8 Å². The molecule has 1 saturated carbocycles. The smallest absolute Gasteiger partial charge is 0.243 e. The fraction of sp³-hybridized carbons (Fsp3) is 0.556. The van der Waals surface area contributed by atoms with Crippen molar-refractivity contribution in [3.05, 3.63) is 40.9 Å². The van der Waals surface area contributed by atoms with Crippen LogP contribution in [0.3, 0.4) is 0 Å². The highest BCUT2D eigenvalue weighted by atomic mass is 35.5. The van der Waals surface area contributed by atoms with Crippen molar-refractivity contribution in [2.24, 2.45) is 5.92 Å². The second-order valence-electron chi connectivity index (χ2n) is 7.40. The van der Waals surface area contributed by atoms with E-state index in [9.17, 15) is 8.42 Å². The van der Waals surface area contributed by atoms with Gasteiger partial charge in [0.1, 0.15) is 12.2 Å². The lowest BCUT2D eigenvalue weighted by Gasteiger charge is -2.38. The zero-order valence-corrected chi connectivity index (χ0v) is 16.4. The minimum absolute atomic E-state index is 0.294. The van der Waals surface area contributed by atoms with Gasteiger partial charge in [-0.2, -0.15) is 4.31 Å². The van der Waals surface area contributed by atoms with Gasteiger partial charge in [0.05, 0.1) is 4.90 Å². The van der Waals surface area contributed by atoms with Crippen molar-refractivity contribution in [3.8, 4) is 0 Å². The summed E-state index contributed by atoms with van der Waals surface area (Å²) in [5.74, 6) is 1.28. The van der Waals surface area contributed by atoms with Gasteiger partial charge in [0.15, 0.2) is 0 Å². The molecule has 0 spiro atoms. The minimum atomic E-state index is -3.45. The van der Waals surface area contributed by atoms with Gasteiger partial charge >= 0.3 is 0 Å². The molecule has 8 heteroatoms. The molecule has 1 aromatic heterocycles. The summed E-state index contributed by atoms with van der Waals surface area (Å²) in [6, 6.07) is 5.37. The fourth-order valence-electron chi connectivity index (χ4n) is 3.93. The van der Waals surface area contributed by atoms with E-state index in [1.165, 1.54) is 30.0 Å². The van der Waals surface area contributed by atoms with Crippen LogP contribution in [0.15, 0.2) is 29.4 Å². The number of hydrogen-bond donors (Lipinski definition) is 0. The Morgan fingerprint density at radius 1 is 1.23 bits per heavy atom. The van der Waals surface area contributed by atoms with Crippen molar-refractivity contribution in [2.45, 2.75) is 50.0 Å². The third-order valence-corrected chi connectivity index (χ3v) is 7.78. The molecule has 0 N–H and O–H groups in total. The highest BCUT2D eigenvalue weighted by molar-refractivity contribution is 7.89. The van der Waals surface area contributed by atoms with E-state index < -0.39 is 10.0 Å². The predicted molar refractivity (Wildman–Crippen MR) is 99.7 cm³/mol. The second kappa shape index (κ2) is 6.94. The van der Waals surface area contributed by atoms with Gasteiger partial charge in [0.2, 0.25) is 10.0 Å². The molecule has 2 aliphatic rings. The molecule has 0 radical (unpaired) electrons. The average molecular weight is 395 g/mol. The quantitative estimate of drug-likeness (QED) is 0.780. The van der Waals surface area contributed by atoms with Crippen LogP contribution in [0, 0.1) is 12.8 Å². The molecule has 0 atom stereocenters. The molecule has 2 heterocycles. The molecule has 2 aromatic rings. The van der Waals surface area contributed by atoms with Gasteiger partial charge in [-0.1, -0.05) is 24.4 Å². The third kappa shape index (κ3) is 3.28. The highest BCUT2D eigenvalue weighted by Crippen LogP contribution is 2.32. The Hall–Kier alpha value is -1.44. The molecule has 4 rings (SSSR count). The lowest BCUT2D eigenvalue weighted by atomic mass is 9.99. The largest absolute Gasteiger partial charge is 0.314 e. The molecule has 0 bridgehead atoms. The van der Waals surface area contributed by atoms with Crippen molar-refractivity contribution < 1.29 is 8.42 Å². The SMILES string of the molecule is Cc1cc(S(=O)(=O)N2CC(Cc3nncn3C3CCCC3)C2)ccc1Cl. The molecular weight excluding hydrogens is 372 g/mol. The maximum Gasteiger partial charge on any atom is 0.243 e. The second-order valence-corrected chi connectivity index (χ2v) is 9.74. The van der Waals surface area contributed by atoms with Gasteiger partial charge in [-0.05, 0) is 49.4 Å². The third-order valence-electron chi connectivity index (χ3n) is 5.53. The molecule has 1 aliphatic carbocycles. The molecular formula is C18H23ClN4O2S. The standard InChI is InChI=1S/C18H23ClN4O2S/c1-13-8-16(6-7-17(13)19)26(24,25)22-10-14(11-22)9-18-21-20-12-23(18)15-4-2-3-5-15/h6-8,12,14-15H,2-5,9-11H2,1H3. The first-order valence-electron chi connectivity index (χ1n) is 9.10. The Morgan fingerprint density at radius 2 is 1.96 bits per heavy atom. The molecule has 140 valence electrons. The zero-order valence-electron chi connectivity index (χ0n) is 14.8. The van der Waals surface area contributed by atoms with Crippen molar-refractivity contribution in [3.63, 3.8) is 0 Å². The van der Waals surface area contributed by atoms with Crippen LogP contribution in [0.1, 0.15) is 43.1 Å². The molecule has 1 aromatic carbocycles. The van der Waals surface area contributed by atoms with Gasteiger partial charge in [0.25, 0.3) is 0 Å². The van der Waals surface area contributed by atoms with Crippen molar-refractivity contribution in [1.82, 2.24) is 19.1 Å². The minimum Gasteiger partial charge on any atom is -0.314 e. The van der Waals surface area contributed by atoms with E-state index >= 15 is 0 Å². The molecule has 1 saturated heterocycles. The Morgan fingerprint density at radius 3 is 2.65 bits per heavy atom. The highest BCUT2D eigenvalue weighted by Gasteiger charge is 2.37. The van der Waals surface area contributed by atoms with Gasteiger partial charge < -0.3 is 4.57 Å². The van der Waals surface area contributed by atoms with Crippen LogP contribution in [0.4, 0.5) is 0 Å². The van der Waals surface area contributed by atoms with Gasteiger partial charge in [0, 0.05) is 30.6 Å². The van der Waals surface area contributed by atoms with Crippen molar-refractivity contribution >= 4 is 21.6 Å². The molecule has 1 aliphatic heterocycles. The predicted octanol–water partition coefficient (Wildman–Crippen LogP) is 3.22. The Balaban J connectivity index is 1.41. The molecule has 2 fully saturated rings. The topological polar surface area (TPSA) is 68.1 Å². The Labute approximate surface area is 159 Å². The van der Waals surface area contributed by atoms with Gasteiger partial charge in [-0.25, -0.2) is 8.42 Å². The van der Waals surface area contributed by atoms with Crippen molar-refractivity contribution in [1.29, 1.82) is 0 Å². The maximum atomic E-state index is 12.8. The number of aromatic nitrogens is 3. The first-order valence-corrected chi connectivity index (χ1v) is 10.9. The molecule has 0 unspecified atom stereocenters. The van der Waals surface area contributed by atoms with E-state index in [0.29, 0.717) is 35.0 Å². The van der Waals surface area contributed by atoms with Crippen molar-refractivity contribution in [2.75, 3.05) is 13.1 Å². The van der Waals surface area contributed by atoms with Crippen LogP contribution in [0.2, 0.25) is 5.02 Å². The Kier molecular flexibility index (Phi) is 4.79. The first kappa shape index (κ1) is 17.9. The van der Waals surface area contributed by atoms with E-state index in [1.807, 2.05) is 13.3 Å². The monoisotopic (exact) mass is 394 g/mol. The summed E-state index contributed by atoms with van der Waals surface area (Å²) in [5, 5.41) is 8.94. The zero-order chi connectivity index (χ0) is 18.3. The van der Waals surface area contributed by atoms with E-state index in [1.54, 1.807) is 18.2 Å². The van der Waals surface area contributed by atoms with Crippen LogP contribution in [0.5, 0.6) is 0 Å². The normalized spacial score (nSPS) is 19.8. The van der Waals surface area contributed by atoms with E-state index in [0.717, 1.165) is 17.8 Å². The molecule has 26 heavy (non-hydrogen) atoms. The maximum absolute atomic E-state index is 12.8. The molecule has 6 nitrogen and oxygen atoms in total. The summed E-state index contributed by atoms with van der Waals surface area (Å²) in [6.07, 6.45) is 7.51. The Bertz CT molecular complexity index is 900. The summed E-state index contributed by atoms with van der Waals surface area (Å²) in [7, 11) is -3.45. The average Bonchev–Trinajstić information content (AvgIpc) is 3.23. The number of halogens is 1. The number of aryl methyl sites for hydroxylation is 1. The fourth-order valence-corrected chi connectivity index (χ4v) is 5.73. The van der Waals surface area contributed by atoms with Gasteiger partial charge in [-0.3, -0.25) is 0 Å². The van der Waals surface area contributed by atoms with Crippen LogP contribution in [-0.4, -0.2) is 40.6 Å². The summed E-state index contributed by atoms with van der Waals surface area (Å²) in [5.41, 5.74) is 0.773. The number of benzene rings is 1. The summed E-state index contributed by atoms with van der Waals surface area (Å²) < 4.78 is 29.2.